The van der Waals surface area contributed by atoms with Gasteiger partial charge < -0.3 is 31.1 Å². The molecule has 41 heavy (non-hydrogen) atoms. The summed E-state index contributed by atoms with van der Waals surface area (Å²) in [4.78, 5) is 42.8. The van der Waals surface area contributed by atoms with Gasteiger partial charge in [-0.25, -0.2) is 0 Å². The molecule has 0 aliphatic heterocycles. The summed E-state index contributed by atoms with van der Waals surface area (Å²) >= 11 is 0. The first-order valence-electron chi connectivity index (χ1n) is 13.7. The molecule has 10 nitrogen and oxygen atoms in total. The lowest BCUT2D eigenvalue weighted by atomic mass is 9.57. The van der Waals surface area contributed by atoms with Gasteiger partial charge >= 0.3 is 0 Å². The number of amides is 1. The largest absolute Gasteiger partial charge is 0.508 e. The van der Waals surface area contributed by atoms with Crippen LogP contribution in [-0.4, -0.2) is 82.6 Å². The van der Waals surface area contributed by atoms with Crippen molar-refractivity contribution >= 4 is 28.9 Å². The molecule has 4 aliphatic rings. The zero-order valence-electron chi connectivity index (χ0n) is 23.6. The van der Waals surface area contributed by atoms with Gasteiger partial charge in [-0.15, -0.1) is 0 Å². The number of aliphatic hydroxyl groups excluding tert-OH is 2. The quantitative estimate of drug-likeness (QED) is 0.274. The van der Waals surface area contributed by atoms with Gasteiger partial charge in [0.05, 0.1) is 17.2 Å². The third-order valence-corrected chi connectivity index (χ3v) is 8.83. The van der Waals surface area contributed by atoms with Crippen LogP contribution in [0.3, 0.4) is 0 Å². The Balaban J connectivity index is 1.71. The number of nitrogens with two attached hydrogens (primary N) is 1. The summed E-state index contributed by atoms with van der Waals surface area (Å²) < 4.78 is 0. The van der Waals surface area contributed by atoms with E-state index in [1.54, 1.807) is 20.2 Å². The molecule has 5 rings (SSSR count). The second-order valence-electron chi connectivity index (χ2n) is 11.7. The minimum atomic E-state index is -2.67. The lowest BCUT2D eigenvalue weighted by molar-refractivity contribution is -0.153. The average molecular weight is 562 g/mol. The minimum absolute atomic E-state index is 0.0365. The molecule has 1 aromatic carbocycles. The highest BCUT2D eigenvalue weighted by molar-refractivity contribution is 6.24. The maximum Gasteiger partial charge on any atom is 0.255 e. The third-order valence-electron chi connectivity index (χ3n) is 8.83. The first-order chi connectivity index (χ1) is 19.3. The van der Waals surface area contributed by atoms with Gasteiger partial charge in [0.15, 0.2) is 11.4 Å². The van der Waals surface area contributed by atoms with E-state index in [-0.39, 0.29) is 35.3 Å². The highest BCUT2D eigenvalue weighted by atomic mass is 16.3. The maximum absolute atomic E-state index is 14.1. The van der Waals surface area contributed by atoms with Crippen molar-refractivity contribution in [1.82, 2.24) is 4.90 Å². The second kappa shape index (κ2) is 10.1. The molecule has 0 spiro atoms. The highest BCUT2D eigenvalue weighted by Crippen LogP contribution is 2.54. The zero-order chi connectivity index (χ0) is 30.0. The predicted molar refractivity (Wildman–Crippen MR) is 152 cm³/mol. The number of carbonyl (C=O) groups excluding carboxylic acids is 3. The van der Waals surface area contributed by atoms with Crippen molar-refractivity contribution in [2.45, 2.75) is 50.2 Å². The monoisotopic (exact) mass is 561 g/mol. The van der Waals surface area contributed by atoms with Crippen molar-refractivity contribution in [2.24, 2.45) is 17.6 Å². The topological polar surface area (TPSA) is 165 Å². The SMILES string of the molecule is CN(C)c1cc(C#CC2=CCCCC2)c(O)c2c1CC1CC3C(N(C)C)C(=O)C(C(N)=O)=C(O)C3(O)C(=O)C1=C2O. The van der Waals surface area contributed by atoms with E-state index < -0.39 is 58.0 Å². The van der Waals surface area contributed by atoms with Crippen LogP contribution in [0.2, 0.25) is 0 Å². The van der Waals surface area contributed by atoms with Crippen molar-refractivity contribution < 1.29 is 34.8 Å². The molecule has 6 N–H and O–H groups in total. The van der Waals surface area contributed by atoms with Gasteiger partial charge in [-0.1, -0.05) is 17.9 Å². The van der Waals surface area contributed by atoms with Crippen LogP contribution in [0.1, 0.15) is 48.8 Å². The molecule has 0 aromatic heterocycles. The normalized spacial score (nSPS) is 27.5. The number of ketones is 2. The van der Waals surface area contributed by atoms with Crippen LogP contribution < -0.4 is 10.6 Å². The summed E-state index contributed by atoms with van der Waals surface area (Å²) in [5, 5.41) is 45.7. The number of aromatic hydroxyl groups is 1. The highest BCUT2D eigenvalue weighted by Gasteiger charge is 2.64. The number of fused-ring (bicyclic) bond motifs is 3. The summed E-state index contributed by atoms with van der Waals surface area (Å²) in [7, 11) is 6.79. The van der Waals surface area contributed by atoms with Gasteiger partial charge in [0, 0.05) is 31.3 Å². The number of benzene rings is 1. The molecule has 4 atom stereocenters. The van der Waals surface area contributed by atoms with Crippen LogP contribution in [0.15, 0.2) is 34.6 Å². The number of aliphatic hydroxyl groups is 3. The number of anilines is 1. The predicted octanol–water partition coefficient (Wildman–Crippen LogP) is 1.88. The van der Waals surface area contributed by atoms with E-state index in [0.717, 1.165) is 31.3 Å². The Morgan fingerprint density at radius 3 is 2.39 bits per heavy atom. The van der Waals surface area contributed by atoms with Gasteiger partial charge in [0.1, 0.15) is 22.8 Å². The number of rotatable bonds is 3. The molecule has 10 heteroatoms. The number of hydrogen-bond donors (Lipinski definition) is 5. The number of phenolic OH excluding ortho intramolecular Hbond substituents is 1. The van der Waals surface area contributed by atoms with E-state index in [4.69, 9.17) is 5.73 Å². The molecule has 1 amide bonds. The zero-order valence-corrected chi connectivity index (χ0v) is 23.6. The smallest absolute Gasteiger partial charge is 0.255 e. The molecule has 216 valence electrons. The molecule has 1 aromatic rings. The molecule has 0 radical (unpaired) electrons. The van der Waals surface area contributed by atoms with Gasteiger partial charge in [-0.05, 0) is 75.7 Å². The number of nitrogens with zero attached hydrogens (tertiary/aromatic N) is 2. The van der Waals surface area contributed by atoms with Gasteiger partial charge in [-0.2, -0.15) is 0 Å². The lowest BCUT2D eigenvalue weighted by Crippen LogP contribution is -2.65. The van der Waals surface area contributed by atoms with Gasteiger partial charge in [0.25, 0.3) is 5.91 Å². The summed E-state index contributed by atoms with van der Waals surface area (Å²) in [6.07, 6.45) is 6.28. The fraction of sp³-hybridized carbons (Fsp3) is 0.452. The molecule has 1 fully saturated rings. The molecule has 0 heterocycles. The number of Topliss-reactive ketones (excluding diaryl/α,β-unsaturated/α-hetero) is 2. The molecule has 1 saturated carbocycles. The molecule has 4 unspecified atom stereocenters. The van der Waals surface area contributed by atoms with Crippen LogP contribution in [0.5, 0.6) is 5.75 Å². The Morgan fingerprint density at radius 2 is 1.80 bits per heavy atom. The average Bonchev–Trinajstić information content (AvgIpc) is 2.90. The number of allylic oxidation sites excluding steroid dienone is 2. The Kier molecular flexibility index (Phi) is 7.00. The Hall–Kier alpha value is -4.07. The minimum Gasteiger partial charge on any atom is -0.508 e. The number of carbonyl (C=O) groups is 3. The van der Waals surface area contributed by atoms with Crippen molar-refractivity contribution in [2.75, 3.05) is 33.1 Å². The molecule has 0 saturated heterocycles. The van der Waals surface area contributed by atoms with Crippen LogP contribution in [-0.2, 0) is 20.8 Å². The van der Waals surface area contributed by atoms with Crippen LogP contribution in [0, 0.1) is 23.7 Å². The standard InChI is InChI=1S/C31H35N3O7/c1-33(2)20-14-16(11-10-15-8-6-5-7-9-15)25(35)22-18(20)12-17-13-19-24(34(3)4)27(37)23(30(32)40)29(39)31(19,41)28(38)21(17)26(22)36/h8,14,17,19,24,35-36,39,41H,5-7,9,12-13H2,1-4H3,(H2,32,40). The Bertz CT molecular complexity index is 1540. The van der Waals surface area contributed by atoms with Gasteiger partial charge in [0.2, 0.25) is 5.78 Å². The first-order valence-corrected chi connectivity index (χ1v) is 13.7. The molecule has 4 aliphatic carbocycles. The Morgan fingerprint density at radius 1 is 1.10 bits per heavy atom. The van der Waals surface area contributed by atoms with Crippen LogP contribution in [0.25, 0.3) is 5.76 Å². The fourth-order valence-electron chi connectivity index (χ4n) is 6.89. The first kappa shape index (κ1) is 28.5. The lowest BCUT2D eigenvalue weighted by Gasteiger charge is -2.50. The second-order valence-corrected chi connectivity index (χ2v) is 11.7. The van der Waals surface area contributed by atoms with Crippen molar-refractivity contribution in [3.63, 3.8) is 0 Å². The molecular weight excluding hydrogens is 526 g/mol. The fourth-order valence-corrected chi connectivity index (χ4v) is 6.89. The van der Waals surface area contributed by atoms with Crippen LogP contribution >= 0.6 is 0 Å². The summed E-state index contributed by atoms with van der Waals surface area (Å²) in [6, 6.07) is 0.630. The van der Waals surface area contributed by atoms with E-state index >= 15 is 0 Å². The summed E-state index contributed by atoms with van der Waals surface area (Å²) in [6.45, 7) is 0. The maximum atomic E-state index is 14.1. The number of phenols is 1. The Labute approximate surface area is 238 Å². The summed E-state index contributed by atoms with van der Waals surface area (Å²) in [5.74, 6) is -0.604. The van der Waals surface area contributed by atoms with E-state index in [1.807, 2.05) is 19.0 Å². The number of likely N-dealkylation sites (N-methyl/N-ethyl adjacent to an activating group) is 1. The van der Waals surface area contributed by atoms with Crippen molar-refractivity contribution in [3.05, 3.63) is 51.3 Å². The van der Waals surface area contributed by atoms with Crippen LogP contribution in [0.4, 0.5) is 5.69 Å². The van der Waals surface area contributed by atoms with E-state index in [0.29, 0.717) is 11.3 Å². The van der Waals surface area contributed by atoms with Gasteiger partial charge in [-0.3, -0.25) is 19.3 Å². The molecular formula is C31H35N3O7. The number of hydrogen-bond acceptors (Lipinski definition) is 9. The molecule has 0 bridgehead atoms. The third kappa shape index (κ3) is 4.23. The van der Waals surface area contributed by atoms with E-state index in [1.165, 1.54) is 4.90 Å². The van der Waals surface area contributed by atoms with Crippen molar-refractivity contribution in [1.29, 1.82) is 0 Å². The van der Waals surface area contributed by atoms with E-state index in [9.17, 15) is 34.8 Å². The van der Waals surface area contributed by atoms with Crippen molar-refractivity contribution in [3.8, 4) is 17.6 Å². The van der Waals surface area contributed by atoms with E-state index in [2.05, 4.69) is 17.9 Å². The number of primary amides is 1. The summed E-state index contributed by atoms with van der Waals surface area (Å²) in [5.41, 5.74) is 4.29.